The molecule has 2 aromatic rings. The standard InChI is InChI=1S/C14H15N3O2S/c1-10(18)16-13-5-3-4-12(8-13)9-17(11(2)19)14-15-6-7-20-14/h3-8H,9H2,1-2H3,(H,16,18). The molecular formula is C14H15N3O2S. The number of aromatic nitrogens is 1. The van der Waals surface area contributed by atoms with Crippen LogP contribution in [0.2, 0.25) is 0 Å². The van der Waals surface area contributed by atoms with Crippen molar-refractivity contribution in [3.05, 3.63) is 41.4 Å². The zero-order valence-corrected chi connectivity index (χ0v) is 12.1. The lowest BCUT2D eigenvalue weighted by atomic mass is 10.2. The Morgan fingerprint density at radius 3 is 2.75 bits per heavy atom. The third-order valence-corrected chi connectivity index (χ3v) is 3.41. The van der Waals surface area contributed by atoms with E-state index < -0.39 is 0 Å². The van der Waals surface area contributed by atoms with Gasteiger partial charge in [0.25, 0.3) is 0 Å². The zero-order valence-electron chi connectivity index (χ0n) is 11.3. The van der Waals surface area contributed by atoms with Crippen molar-refractivity contribution in [1.82, 2.24) is 4.98 Å². The van der Waals surface area contributed by atoms with Crippen molar-refractivity contribution in [3.63, 3.8) is 0 Å². The molecule has 20 heavy (non-hydrogen) atoms. The molecular weight excluding hydrogens is 274 g/mol. The van der Waals surface area contributed by atoms with Crippen LogP contribution in [0.5, 0.6) is 0 Å². The number of thiazole rings is 1. The minimum Gasteiger partial charge on any atom is -0.326 e. The van der Waals surface area contributed by atoms with E-state index in [1.807, 2.05) is 29.6 Å². The largest absolute Gasteiger partial charge is 0.326 e. The van der Waals surface area contributed by atoms with Crippen molar-refractivity contribution in [1.29, 1.82) is 0 Å². The Labute approximate surface area is 121 Å². The van der Waals surface area contributed by atoms with Gasteiger partial charge in [-0.1, -0.05) is 12.1 Å². The number of nitrogens with one attached hydrogen (secondary N) is 1. The van der Waals surface area contributed by atoms with Crippen LogP contribution < -0.4 is 10.2 Å². The van der Waals surface area contributed by atoms with Crippen LogP contribution in [0.25, 0.3) is 0 Å². The Morgan fingerprint density at radius 1 is 1.35 bits per heavy atom. The van der Waals surface area contributed by atoms with Gasteiger partial charge in [-0.25, -0.2) is 4.98 Å². The Bertz CT molecular complexity index is 611. The fraction of sp³-hybridized carbons (Fsp3) is 0.214. The first-order chi connectivity index (χ1) is 9.56. The van der Waals surface area contributed by atoms with Gasteiger partial charge in [-0.2, -0.15) is 0 Å². The summed E-state index contributed by atoms with van der Waals surface area (Å²) in [4.78, 5) is 28.6. The molecule has 0 aliphatic rings. The zero-order chi connectivity index (χ0) is 14.5. The van der Waals surface area contributed by atoms with E-state index in [1.165, 1.54) is 25.2 Å². The SMILES string of the molecule is CC(=O)Nc1cccc(CN(C(C)=O)c2nccs2)c1. The van der Waals surface area contributed by atoms with E-state index in [2.05, 4.69) is 10.3 Å². The molecule has 0 spiro atoms. The molecule has 1 N–H and O–H groups in total. The molecule has 1 aromatic carbocycles. The number of benzene rings is 1. The molecule has 2 rings (SSSR count). The van der Waals surface area contributed by atoms with Gasteiger partial charge in [-0.3, -0.25) is 14.5 Å². The van der Waals surface area contributed by atoms with E-state index in [-0.39, 0.29) is 11.8 Å². The molecule has 0 saturated heterocycles. The topological polar surface area (TPSA) is 62.3 Å². The van der Waals surface area contributed by atoms with Crippen LogP contribution >= 0.6 is 11.3 Å². The van der Waals surface area contributed by atoms with Crippen molar-refractivity contribution in [2.45, 2.75) is 20.4 Å². The molecule has 0 aliphatic carbocycles. The van der Waals surface area contributed by atoms with Crippen molar-refractivity contribution < 1.29 is 9.59 Å². The lowest BCUT2D eigenvalue weighted by molar-refractivity contribution is -0.117. The Morgan fingerprint density at radius 2 is 2.15 bits per heavy atom. The van der Waals surface area contributed by atoms with Gasteiger partial charge in [0.15, 0.2) is 5.13 Å². The normalized spacial score (nSPS) is 10.1. The predicted molar refractivity (Wildman–Crippen MR) is 79.7 cm³/mol. The number of carbonyl (C=O) groups is 2. The number of carbonyl (C=O) groups excluding carboxylic acids is 2. The van der Waals surface area contributed by atoms with E-state index in [0.29, 0.717) is 11.7 Å². The molecule has 0 saturated carbocycles. The maximum atomic E-state index is 11.7. The van der Waals surface area contributed by atoms with E-state index in [4.69, 9.17) is 0 Å². The summed E-state index contributed by atoms with van der Waals surface area (Å²) in [6.07, 6.45) is 1.67. The Balaban J connectivity index is 2.19. The third kappa shape index (κ3) is 3.64. The molecule has 1 heterocycles. The number of hydrogen-bond acceptors (Lipinski definition) is 4. The second-order valence-corrected chi connectivity index (χ2v) is 5.17. The quantitative estimate of drug-likeness (QED) is 0.941. The molecule has 0 fully saturated rings. The summed E-state index contributed by atoms with van der Waals surface area (Å²) in [7, 11) is 0. The fourth-order valence-electron chi connectivity index (χ4n) is 1.80. The van der Waals surface area contributed by atoms with Crippen molar-refractivity contribution in [3.8, 4) is 0 Å². The van der Waals surface area contributed by atoms with E-state index in [9.17, 15) is 9.59 Å². The average molecular weight is 289 g/mol. The van der Waals surface area contributed by atoms with E-state index in [1.54, 1.807) is 11.1 Å². The summed E-state index contributed by atoms with van der Waals surface area (Å²) in [5, 5.41) is 5.23. The highest BCUT2D eigenvalue weighted by molar-refractivity contribution is 7.13. The third-order valence-electron chi connectivity index (χ3n) is 2.62. The molecule has 0 bridgehead atoms. The maximum Gasteiger partial charge on any atom is 0.225 e. The monoisotopic (exact) mass is 289 g/mol. The van der Waals surface area contributed by atoms with Crippen LogP contribution in [0.15, 0.2) is 35.8 Å². The molecule has 1 aromatic heterocycles. The Hall–Kier alpha value is -2.21. The van der Waals surface area contributed by atoms with Crippen LogP contribution in [0.1, 0.15) is 19.4 Å². The minimum atomic E-state index is -0.120. The summed E-state index contributed by atoms with van der Waals surface area (Å²) in [5.41, 5.74) is 1.65. The molecule has 5 nitrogen and oxygen atoms in total. The van der Waals surface area contributed by atoms with E-state index >= 15 is 0 Å². The second kappa shape index (κ2) is 6.29. The average Bonchev–Trinajstić information content (AvgIpc) is 2.88. The van der Waals surface area contributed by atoms with Crippen LogP contribution in [0, 0.1) is 0 Å². The highest BCUT2D eigenvalue weighted by atomic mass is 32.1. The van der Waals surface area contributed by atoms with Crippen LogP contribution in [-0.2, 0) is 16.1 Å². The van der Waals surface area contributed by atoms with Gasteiger partial charge in [-0.15, -0.1) is 11.3 Å². The predicted octanol–water partition coefficient (Wildman–Crippen LogP) is 2.65. The van der Waals surface area contributed by atoms with Crippen molar-refractivity contribution in [2.24, 2.45) is 0 Å². The van der Waals surface area contributed by atoms with Crippen LogP contribution in [-0.4, -0.2) is 16.8 Å². The number of hydrogen-bond donors (Lipinski definition) is 1. The molecule has 104 valence electrons. The van der Waals surface area contributed by atoms with Gasteiger partial charge in [-0.05, 0) is 17.7 Å². The lowest BCUT2D eigenvalue weighted by Crippen LogP contribution is -2.27. The van der Waals surface area contributed by atoms with Crippen molar-refractivity contribution >= 4 is 34.0 Å². The summed E-state index contributed by atoms with van der Waals surface area (Å²) >= 11 is 1.42. The first-order valence-electron chi connectivity index (χ1n) is 6.10. The molecule has 0 radical (unpaired) electrons. The summed E-state index contributed by atoms with van der Waals surface area (Å²) < 4.78 is 0. The molecule has 2 amide bonds. The maximum absolute atomic E-state index is 11.7. The van der Waals surface area contributed by atoms with Crippen LogP contribution in [0.3, 0.4) is 0 Å². The number of rotatable bonds is 4. The smallest absolute Gasteiger partial charge is 0.225 e. The molecule has 0 unspecified atom stereocenters. The highest BCUT2D eigenvalue weighted by Crippen LogP contribution is 2.21. The lowest BCUT2D eigenvalue weighted by Gasteiger charge is -2.18. The summed E-state index contributed by atoms with van der Waals surface area (Å²) in [6.45, 7) is 3.40. The van der Waals surface area contributed by atoms with E-state index in [0.717, 1.165) is 11.3 Å². The van der Waals surface area contributed by atoms with Gasteiger partial charge in [0.2, 0.25) is 11.8 Å². The first kappa shape index (κ1) is 14.2. The van der Waals surface area contributed by atoms with Gasteiger partial charge in [0.1, 0.15) is 0 Å². The number of nitrogens with zero attached hydrogens (tertiary/aromatic N) is 2. The van der Waals surface area contributed by atoms with Crippen molar-refractivity contribution in [2.75, 3.05) is 10.2 Å². The first-order valence-corrected chi connectivity index (χ1v) is 6.98. The Kier molecular flexibility index (Phi) is 4.47. The molecule has 0 atom stereocenters. The van der Waals surface area contributed by atoms with Gasteiger partial charge < -0.3 is 5.32 Å². The minimum absolute atomic E-state index is 0.0649. The second-order valence-electron chi connectivity index (χ2n) is 4.30. The van der Waals surface area contributed by atoms with Gasteiger partial charge in [0.05, 0.1) is 6.54 Å². The summed E-state index contributed by atoms with van der Waals surface area (Å²) in [6, 6.07) is 7.42. The van der Waals surface area contributed by atoms with Crippen LogP contribution in [0.4, 0.5) is 10.8 Å². The molecule has 6 heteroatoms. The number of anilines is 2. The summed E-state index contributed by atoms with van der Waals surface area (Å²) in [5.74, 6) is -0.185. The molecule has 0 aliphatic heterocycles. The fourth-order valence-corrected chi connectivity index (χ4v) is 2.48. The van der Waals surface area contributed by atoms with Gasteiger partial charge in [0, 0.05) is 31.1 Å². The number of amides is 2. The van der Waals surface area contributed by atoms with Gasteiger partial charge >= 0.3 is 0 Å². The highest BCUT2D eigenvalue weighted by Gasteiger charge is 2.14.